The highest BCUT2D eigenvalue weighted by Crippen LogP contribution is 2.33. The van der Waals surface area contributed by atoms with Gasteiger partial charge in [-0.3, -0.25) is 0 Å². The van der Waals surface area contributed by atoms with Crippen molar-refractivity contribution in [2.24, 2.45) is 0 Å². The molecule has 2 heterocycles. The van der Waals surface area contributed by atoms with Crippen molar-refractivity contribution in [1.82, 2.24) is 0 Å². The number of hydrogen-bond acceptors (Lipinski definition) is 8. The lowest BCUT2D eigenvalue weighted by Crippen LogP contribution is -2.60. The van der Waals surface area contributed by atoms with Gasteiger partial charge in [-0.05, 0) is 6.07 Å². The van der Waals surface area contributed by atoms with Crippen LogP contribution in [0.5, 0.6) is 5.75 Å². The highest BCUT2D eigenvalue weighted by molar-refractivity contribution is 5.34. The second kappa shape index (κ2) is 7.10. The summed E-state index contributed by atoms with van der Waals surface area (Å²) in [6.07, 6.45) is -7.22. The van der Waals surface area contributed by atoms with Crippen LogP contribution in [0.4, 0.5) is 0 Å². The Kier molecular flexibility index (Phi) is 5.12. The van der Waals surface area contributed by atoms with E-state index in [-0.39, 0.29) is 0 Å². The van der Waals surface area contributed by atoms with Gasteiger partial charge in [0.2, 0.25) is 6.29 Å². The monoisotopic (exact) mass is 328 g/mol. The maximum atomic E-state index is 10.0. The normalized spacial score (nSPS) is 35.4. The van der Waals surface area contributed by atoms with Crippen LogP contribution in [0.1, 0.15) is 11.9 Å². The third-order valence-electron chi connectivity index (χ3n) is 3.89. The van der Waals surface area contributed by atoms with Crippen LogP contribution in [0.3, 0.4) is 0 Å². The molecule has 3 rings (SSSR count). The molecule has 1 aromatic carbocycles. The highest BCUT2D eigenvalue weighted by Gasteiger charge is 2.45. The van der Waals surface area contributed by atoms with Crippen molar-refractivity contribution in [3.8, 4) is 5.75 Å². The summed E-state index contributed by atoms with van der Waals surface area (Å²) < 4.78 is 21.9. The summed E-state index contributed by atoms with van der Waals surface area (Å²) in [5.41, 5.74) is 0.627. The quantitative estimate of drug-likeness (QED) is 0.551. The topological polar surface area (TPSA) is 118 Å². The van der Waals surface area contributed by atoms with E-state index >= 15 is 0 Å². The van der Waals surface area contributed by atoms with E-state index in [1.165, 1.54) is 0 Å². The Labute approximate surface area is 132 Å². The summed E-state index contributed by atoms with van der Waals surface area (Å²) in [5.74, 6) is 0.365. The molecule has 0 aliphatic carbocycles. The predicted octanol–water partition coefficient (Wildman–Crippen LogP) is -1.09. The molecule has 8 heteroatoms. The molecule has 2 fully saturated rings. The molecule has 0 radical (unpaired) electrons. The zero-order valence-electron chi connectivity index (χ0n) is 12.3. The first-order valence-corrected chi connectivity index (χ1v) is 7.41. The van der Waals surface area contributed by atoms with Crippen molar-refractivity contribution in [3.05, 3.63) is 29.8 Å². The van der Waals surface area contributed by atoms with Gasteiger partial charge in [0.15, 0.2) is 6.29 Å². The van der Waals surface area contributed by atoms with Crippen molar-refractivity contribution in [1.29, 1.82) is 0 Å². The highest BCUT2D eigenvalue weighted by atomic mass is 16.7. The molecule has 128 valence electrons. The number of ether oxygens (including phenoxy) is 4. The fourth-order valence-corrected chi connectivity index (χ4v) is 2.61. The summed E-state index contributed by atoms with van der Waals surface area (Å²) in [4.78, 5) is 0. The summed E-state index contributed by atoms with van der Waals surface area (Å²) in [7, 11) is 0. The summed E-state index contributed by atoms with van der Waals surface area (Å²) in [5, 5.41) is 38.8. The van der Waals surface area contributed by atoms with E-state index in [0.717, 1.165) is 0 Å². The van der Waals surface area contributed by atoms with Gasteiger partial charge in [-0.1, -0.05) is 18.2 Å². The van der Waals surface area contributed by atoms with Gasteiger partial charge in [-0.2, -0.15) is 0 Å². The molecule has 1 aromatic rings. The molecule has 0 amide bonds. The van der Waals surface area contributed by atoms with Crippen LogP contribution in [-0.2, 0) is 14.2 Å². The van der Waals surface area contributed by atoms with Crippen LogP contribution in [-0.4, -0.2) is 71.0 Å². The van der Waals surface area contributed by atoms with Crippen LogP contribution in [0.15, 0.2) is 24.3 Å². The zero-order chi connectivity index (χ0) is 16.4. The minimum Gasteiger partial charge on any atom is -0.461 e. The molecular weight excluding hydrogens is 308 g/mol. The lowest BCUT2D eigenvalue weighted by Gasteiger charge is -2.39. The number of rotatable bonds is 4. The Hall–Kier alpha value is -1.26. The third-order valence-corrected chi connectivity index (χ3v) is 3.89. The van der Waals surface area contributed by atoms with Gasteiger partial charge in [0.25, 0.3) is 0 Å². The van der Waals surface area contributed by atoms with Crippen molar-refractivity contribution < 1.29 is 39.4 Å². The number of aliphatic hydroxyl groups is 4. The van der Waals surface area contributed by atoms with E-state index in [2.05, 4.69) is 0 Å². The van der Waals surface area contributed by atoms with Gasteiger partial charge < -0.3 is 39.4 Å². The van der Waals surface area contributed by atoms with Gasteiger partial charge in [0.05, 0.1) is 19.8 Å². The van der Waals surface area contributed by atoms with E-state index in [0.29, 0.717) is 24.5 Å². The van der Waals surface area contributed by atoms with Crippen molar-refractivity contribution in [2.75, 3.05) is 19.8 Å². The maximum Gasteiger partial charge on any atom is 0.229 e. The Morgan fingerprint density at radius 2 is 1.70 bits per heavy atom. The van der Waals surface area contributed by atoms with E-state index in [1.54, 1.807) is 24.3 Å². The van der Waals surface area contributed by atoms with E-state index < -0.39 is 43.6 Å². The number of benzene rings is 1. The van der Waals surface area contributed by atoms with Crippen LogP contribution in [0.25, 0.3) is 0 Å². The fourth-order valence-electron chi connectivity index (χ4n) is 2.61. The molecule has 0 aromatic heterocycles. The average Bonchev–Trinajstić information content (AvgIpc) is 3.10. The minimum absolute atomic E-state index is 0.365. The van der Waals surface area contributed by atoms with Crippen molar-refractivity contribution in [2.45, 2.75) is 37.0 Å². The lowest BCUT2D eigenvalue weighted by atomic mass is 9.99. The molecule has 2 aliphatic rings. The predicted molar refractivity (Wildman–Crippen MR) is 75.5 cm³/mol. The van der Waals surface area contributed by atoms with Crippen molar-refractivity contribution in [3.63, 3.8) is 0 Å². The molecule has 4 N–H and O–H groups in total. The molecule has 5 atom stereocenters. The molecule has 0 spiro atoms. The Balaban J connectivity index is 1.78. The summed E-state index contributed by atoms with van der Waals surface area (Å²) in [6, 6.07) is 6.94. The molecule has 0 bridgehead atoms. The summed E-state index contributed by atoms with van der Waals surface area (Å²) >= 11 is 0. The fraction of sp³-hybridized carbons (Fsp3) is 0.600. The molecule has 2 saturated heterocycles. The van der Waals surface area contributed by atoms with Crippen molar-refractivity contribution >= 4 is 0 Å². The van der Waals surface area contributed by atoms with E-state index in [4.69, 9.17) is 18.9 Å². The summed E-state index contributed by atoms with van der Waals surface area (Å²) in [6.45, 7) is 0.430. The number of para-hydroxylation sites is 1. The maximum absolute atomic E-state index is 10.0. The molecule has 23 heavy (non-hydrogen) atoms. The van der Waals surface area contributed by atoms with Gasteiger partial charge in [0.1, 0.15) is 30.2 Å². The molecule has 8 nitrogen and oxygen atoms in total. The molecule has 0 saturated carbocycles. The second-order valence-electron chi connectivity index (χ2n) is 5.43. The smallest absolute Gasteiger partial charge is 0.229 e. The average molecular weight is 328 g/mol. The lowest BCUT2D eigenvalue weighted by molar-refractivity contribution is -0.277. The largest absolute Gasteiger partial charge is 0.461 e. The van der Waals surface area contributed by atoms with E-state index in [9.17, 15) is 20.4 Å². The number of aliphatic hydroxyl groups excluding tert-OH is 4. The molecular formula is C15H20O8. The first-order valence-electron chi connectivity index (χ1n) is 7.41. The van der Waals surface area contributed by atoms with Gasteiger partial charge in [-0.25, -0.2) is 0 Å². The van der Waals surface area contributed by atoms with Gasteiger partial charge in [0, 0.05) is 5.56 Å². The van der Waals surface area contributed by atoms with E-state index in [1.807, 2.05) is 0 Å². The Morgan fingerprint density at radius 1 is 1.00 bits per heavy atom. The first kappa shape index (κ1) is 16.6. The van der Waals surface area contributed by atoms with Crippen LogP contribution in [0, 0.1) is 0 Å². The Bertz CT molecular complexity index is 516. The standard InChI is InChI=1S/C15H20O8/c16-7-10-11(17)12(18)13(19)15(23-10)22-9-4-2-1-3-8(9)14-20-5-6-21-14/h1-4,10-19H,5-7H2/t10-,11-,12+,13-,15-/m1/s1. The number of hydrogen-bond donors (Lipinski definition) is 4. The zero-order valence-corrected chi connectivity index (χ0v) is 12.3. The SMILES string of the molecule is OC[C@H]1O[C@@H](Oc2ccccc2C2OCCO2)[C@H](O)[C@@H](O)[C@@H]1O. The second-order valence-corrected chi connectivity index (χ2v) is 5.43. The van der Waals surface area contributed by atoms with Gasteiger partial charge >= 0.3 is 0 Å². The minimum atomic E-state index is -1.49. The first-order chi connectivity index (χ1) is 11.1. The van der Waals surface area contributed by atoms with Crippen LogP contribution in [0.2, 0.25) is 0 Å². The van der Waals surface area contributed by atoms with Gasteiger partial charge in [-0.15, -0.1) is 0 Å². The molecule has 0 unspecified atom stereocenters. The third kappa shape index (κ3) is 3.33. The van der Waals surface area contributed by atoms with Crippen LogP contribution >= 0.6 is 0 Å². The molecule has 2 aliphatic heterocycles. The van der Waals surface area contributed by atoms with Crippen LogP contribution < -0.4 is 4.74 Å². The Morgan fingerprint density at radius 3 is 2.39 bits per heavy atom.